The molecular weight excluding hydrogens is 453 g/mol. The Kier molecular flexibility index (Phi) is 6.36. The van der Waals surface area contributed by atoms with Crippen LogP contribution in [-0.2, 0) is 11.8 Å². The van der Waals surface area contributed by atoms with Gasteiger partial charge in [-0.3, -0.25) is 4.68 Å². The van der Waals surface area contributed by atoms with Crippen molar-refractivity contribution < 1.29 is 18.7 Å². The Morgan fingerprint density at radius 2 is 1.97 bits per heavy atom. The molecule has 8 heteroatoms. The van der Waals surface area contributed by atoms with Gasteiger partial charge in [0.05, 0.1) is 12.1 Å². The number of amides is 1. The third-order valence-corrected chi connectivity index (χ3v) is 4.90. The Labute approximate surface area is 183 Å². The van der Waals surface area contributed by atoms with E-state index in [1.807, 2.05) is 46.0 Å². The molecule has 0 spiro atoms. The summed E-state index contributed by atoms with van der Waals surface area (Å²) in [7, 11) is 3.46. The summed E-state index contributed by atoms with van der Waals surface area (Å²) in [4.78, 5) is 13.4. The lowest BCUT2D eigenvalue weighted by atomic mass is 10.1. The van der Waals surface area contributed by atoms with Gasteiger partial charge in [-0.05, 0) is 51.1 Å². The van der Waals surface area contributed by atoms with Crippen LogP contribution in [0.3, 0.4) is 0 Å². The second-order valence-electron chi connectivity index (χ2n) is 8.03. The zero-order chi connectivity index (χ0) is 22.1. The van der Waals surface area contributed by atoms with E-state index < -0.39 is 17.5 Å². The number of aryl methyl sites for hydroxylation is 1. The van der Waals surface area contributed by atoms with E-state index in [0.717, 1.165) is 15.4 Å². The zero-order valence-corrected chi connectivity index (χ0v) is 19.3. The fraction of sp³-hybridized carbons (Fsp3) is 0.364. The molecule has 6 nitrogen and oxygen atoms in total. The van der Waals surface area contributed by atoms with Gasteiger partial charge < -0.3 is 14.4 Å². The molecule has 2 aromatic carbocycles. The van der Waals surface area contributed by atoms with Gasteiger partial charge in [-0.15, -0.1) is 0 Å². The predicted octanol–water partition coefficient (Wildman–Crippen LogP) is 5.39. The Hall–Kier alpha value is -2.61. The maximum Gasteiger partial charge on any atom is 0.410 e. The molecule has 0 N–H and O–H groups in total. The molecule has 0 radical (unpaired) electrons. The summed E-state index contributed by atoms with van der Waals surface area (Å²) >= 11 is 3.45. The first kappa shape index (κ1) is 22.1. The van der Waals surface area contributed by atoms with Crippen LogP contribution < -0.4 is 4.74 Å². The van der Waals surface area contributed by atoms with Crippen LogP contribution in [-0.4, -0.2) is 46.6 Å². The number of halogens is 2. The Morgan fingerprint density at radius 1 is 1.23 bits per heavy atom. The van der Waals surface area contributed by atoms with Crippen LogP contribution in [0.1, 0.15) is 20.8 Å². The number of fused-ring (bicyclic) bond motifs is 1. The van der Waals surface area contributed by atoms with Gasteiger partial charge in [-0.1, -0.05) is 15.9 Å². The second-order valence-corrected chi connectivity index (χ2v) is 8.94. The molecule has 0 saturated carbocycles. The highest BCUT2D eigenvalue weighted by Gasteiger charge is 2.19. The van der Waals surface area contributed by atoms with E-state index in [9.17, 15) is 9.18 Å². The number of ether oxygens (including phenoxy) is 2. The SMILES string of the molecule is CN(CCOc1ccc(-c2nn(C)c3cc(Br)ccc23)c(F)c1)C(=O)OC(C)(C)C. The molecule has 0 unspecified atom stereocenters. The second kappa shape index (κ2) is 8.63. The molecule has 3 rings (SSSR count). The van der Waals surface area contributed by atoms with Gasteiger partial charge in [0, 0.05) is 35.6 Å². The van der Waals surface area contributed by atoms with Crippen molar-refractivity contribution in [2.45, 2.75) is 26.4 Å². The Morgan fingerprint density at radius 3 is 2.63 bits per heavy atom. The third-order valence-electron chi connectivity index (χ3n) is 4.41. The van der Waals surface area contributed by atoms with Crippen molar-refractivity contribution in [2.75, 3.05) is 20.2 Å². The molecule has 0 atom stereocenters. The van der Waals surface area contributed by atoms with E-state index in [1.165, 1.54) is 11.0 Å². The summed E-state index contributed by atoms with van der Waals surface area (Å²) in [5, 5.41) is 5.35. The number of carbonyl (C=O) groups is 1. The lowest BCUT2D eigenvalue weighted by Gasteiger charge is -2.24. The van der Waals surface area contributed by atoms with Gasteiger partial charge in [0.15, 0.2) is 0 Å². The Balaban J connectivity index is 1.69. The van der Waals surface area contributed by atoms with Crippen molar-refractivity contribution in [3.05, 3.63) is 46.7 Å². The number of aromatic nitrogens is 2. The molecule has 0 aliphatic heterocycles. The number of hydrogen-bond donors (Lipinski definition) is 0. The van der Waals surface area contributed by atoms with Crippen molar-refractivity contribution in [3.63, 3.8) is 0 Å². The van der Waals surface area contributed by atoms with Gasteiger partial charge in [0.1, 0.15) is 29.5 Å². The van der Waals surface area contributed by atoms with Crippen molar-refractivity contribution >= 4 is 32.9 Å². The standard InChI is InChI=1S/C22H25BrFN3O3/c1-22(2,3)30-21(28)26(4)10-11-29-15-7-9-16(18(24)13-15)20-17-8-6-14(23)12-19(17)27(5)25-20/h6-9,12-13H,10-11H2,1-5H3. The minimum absolute atomic E-state index is 0.217. The van der Waals surface area contributed by atoms with Gasteiger partial charge in [0.2, 0.25) is 0 Å². The largest absolute Gasteiger partial charge is 0.492 e. The molecule has 160 valence electrons. The molecule has 0 saturated heterocycles. The third kappa shape index (κ3) is 5.11. The normalized spacial score (nSPS) is 11.6. The van der Waals surface area contributed by atoms with Gasteiger partial charge in [-0.25, -0.2) is 9.18 Å². The van der Waals surface area contributed by atoms with Gasteiger partial charge in [-0.2, -0.15) is 5.10 Å². The van der Waals surface area contributed by atoms with Crippen molar-refractivity contribution in [1.29, 1.82) is 0 Å². The van der Waals surface area contributed by atoms with E-state index in [0.29, 0.717) is 23.6 Å². The average Bonchev–Trinajstić information content (AvgIpc) is 2.96. The van der Waals surface area contributed by atoms with Crippen LogP contribution in [0, 0.1) is 5.82 Å². The van der Waals surface area contributed by atoms with E-state index in [-0.39, 0.29) is 6.61 Å². The quantitative estimate of drug-likeness (QED) is 0.494. The van der Waals surface area contributed by atoms with Crippen LogP contribution in [0.2, 0.25) is 0 Å². The smallest absolute Gasteiger partial charge is 0.410 e. The molecule has 0 bridgehead atoms. The molecular formula is C22H25BrFN3O3. The predicted molar refractivity (Wildman–Crippen MR) is 118 cm³/mol. The highest BCUT2D eigenvalue weighted by molar-refractivity contribution is 9.10. The average molecular weight is 478 g/mol. The fourth-order valence-corrected chi connectivity index (χ4v) is 3.29. The van der Waals surface area contributed by atoms with Crippen LogP contribution in [0.15, 0.2) is 40.9 Å². The van der Waals surface area contributed by atoms with E-state index in [4.69, 9.17) is 9.47 Å². The highest BCUT2D eigenvalue weighted by atomic mass is 79.9. The van der Waals surface area contributed by atoms with E-state index in [2.05, 4.69) is 21.0 Å². The maximum absolute atomic E-state index is 14.8. The summed E-state index contributed by atoms with van der Waals surface area (Å²) in [5.74, 6) is -0.0345. The first-order valence-corrected chi connectivity index (χ1v) is 10.3. The first-order valence-electron chi connectivity index (χ1n) is 9.54. The summed E-state index contributed by atoms with van der Waals surface area (Å²) < 4.78 is 28.4. The minimum atomic E-state index is -0.559. The van der Waals surface area contributed by atoms with E-state index >= 15 is 0 Å². The van der Waals surface area contributed by atoms with Crippen LogP contribution in [0.5, 0.6) is 5.75 Å². The molecule has 1 amide bonds. The molecule has 3 aromatic rings. The van der Waals surface area contributed by atoms with Crippen LogP contribution >= 0.6 is 15.9 Å². The zero-order valence-electron chi connectivity index (χ0n) is 17.7. The van der Waals surface area contributed by atoms with Gasteiger partial charge >= 0.3 is 6.09 Å². The number of hydrogen-bond acceptors (Lipinski definition) is 4. The monoisotopic (exact) mass is 477 g/mol. The number of benzene rings is 2. The molecule has 0 aliphatic rings. The highest BCUT2D eigenvalue weighted by Crippen LogP contribution is 2.32. The van der Waals surface area contributed by atoms with Gasteiger partial charge in [0.25, 0.3) is 0 Å². The van der Waals surface area contributed by atoms with Crippen molar-refractivity contribution in [1.82, 2.24) is 14.7 Å². The number of rotatable bonds is 5. The number of nitrogens with zero attached hydrogens (tertiary/aromatic N) is 3. The fourth-order valence-electron chi connectivity index (χ4n) is 2.94. The molecule has 1 heterocycles. The molecule has 0 fully saturated rings. The van der Waals surface area contributed by atoms with Crippen molar-refractivity contribution in [2.24, 2.45) is 7.05 Å². The minimum Gasteiger partial charge on any atom is -0.492 e. The summed E-state index contributed by atoms with van der Waals surface area (Å²) in [6.45, 7) is 5.96. The lowest BCUT2D eigenvalue weighted by molar-refractivity contribution is 0.0278. The van der Waals surface area contributed by atoms with Crippen LogP contribution in [0.4, 0.5) is 9.18 Å². The number of carbonyl (C=O) groups excluding carboxylic acids is 1. The summed E-state index contributed by atoms with van der Waals surface area (Å²) in [6.07, 6.45) is -0.429. The summed E-state index contributed by atoms with van der Waals surface area (Å²) in [6, 6.07) is 10.5. The van der Waals surface area contributed by atoms with E-state index in [1.54, 1.807) is 23.9 Å². The lowest BCUT2D eigenvalue weighted by Crippen LogP contribution is -2.36. The van der Waals surface area contributed by atoms with Crippen LogP contribution in [0.25, 0.3) is 22.2 Å². The molecule has 0 aliphatic carbocycles. The number of likely N-dealkylation sites (N-methyl/N-ethyl adjacent to an activating group) is 1. The topological polar surface area (TPSA) is 56.6 Å². The first-order chi connectivity index (χ1) is 14.0. The molecule has 30 heavy (non-hydrogen) atoms. The summed E-state index contributed by atoms with van der Waals surface area (Å²) in [5.41, 5.74) is 1.33. The molecule has 1 aromatic heterocycles. The van der Waals surface area contributed by atoms with Crippen molar-refractivity contribution in [3.8, 4) is 17.0 Å². The maximum atomic E-state index is 14.8. The Bertz CT molecular complexity index is 1080.